The van der Waals surface area contributed by atoms with E-state index < -0.39 is 10.0 Å². The van der Waals surface area contributed by atoms with Gasteiger partial charge in [-0.25, -0.2) is 12.8 Å². The molecule has 2 aliphatic heterocycles. The number of rotatable bonds is 4. The van der Waals surface area contributed by atoms with Gasteiger partial charge in [-0.2, -0.15) is 4.31 Å². The summed E-state index contributed by atoms with van der Waals surface area (Å²) in [7, 11) is -3.58. The molecule has 4 rings (SSSR count). The number of sulfonamides is 1. The maximum absolute atomic E-state index is 13.2. The Kier molecular flexibility index (Phi) is 4.93. The molecule has 0 atom stereocenters. The Balaban J connectivity index is 1.50. The van der Waals surface area contributed by atoms with E-state index in [0.717, 1.165) is 12.0 Å². The summed E-state index contributed by atoms with van der Waals surface area (Å²) in [6.45, 7) is 1.16. The lowest BCUT2D eigenvalue weighted by Crippen LogP contribution is -2.53. The molecule has 2 saturated heterocycles. The van der Waals surface area contributed by atoms with Crippen LogP contribution in [0.25, 0.3) is 0 Å². The van der Waals surface area contributed by atoms with Crippen LogP contribution in [0, 0.1) is 5.82 Å². The van der Waals surface area contributed by atoms with E-state index in [0.29, 0.717) is 38.9 Å². The Morgan fingerprint density at radius 3 is 2.43 bits per heavy atom. The Hall–Kier alpha value is -2.32. The summed E-state index contributed by atoms with van der Waals surface area (Å²) < 4.78 is 40.3. The molecule has 8 heteroatoms. The third-order valence-electron chi connectivity index (χ3n) is 5.86. The molecular weight excluding hydrogens is 381 g/mol. The van der Waals surface area contributed by atoms with Crippen molar-refractivity contribution < 1.29 is 17.6 Å². The Labute approximate surface area is 164 Å². The topological polar surface area (TPSA) is 70.6 Å². The first kappa shape index (κ1) is 19.0. The smallest absolute Gasteiger partial charge is 0.244 e. The van der Waals surface area contributed by atoms with Crippen molar-refractivity contribution in [1.29, 1.82) is 0 Å². The molecule has 148 valence electrons. The fourth-order valence-electron chi connectivity index (χ4n) is 4.21. The summed E-state index contributed by atoms with van der Waals surface area (Å²) in [5.41, 5.74) is 0.549. The molecule has 3 heterocycles. The number of nitrogens with zero attached hydrogens (tertiary/aromatic N) is 3. The standard InChI is InChI=1S/C20H22FN3O3S/c21-17-5-3-16(4-6-17)15-24-19(25)7-8-20(24)9-12-23(13-10-20)28(26,27)18-2-1-11-22-14-18/h1-6,11,14H,7-10,12-13,15H2. The molecule has 0 saturated carbocycles. The van der Waals surface area contributed by atoms with E-state index in [1.54, 1.807) is 30.5 Å². The number of carbonyl (C=O) groups is 1. The Bertz CT molecular complexity index is 956. The fraction of sp³-hybridized carbons (Fsp3) is 0.400. The number of likely N-dealkylation sites (tertiary alicyclic amines) is 1. The van der Waals surface area contributed by atoms with Gasteiger partial charge in [0.05, 0.1) is 0 Å². The molecule has 0 radical (unpaired) electrons. The van der Waals surface area contributed by atoms with Crippen LogP contribution >= 0.6 is 0 Å². The molecule has 1 aromatic carbocycles. The third kappa shape index (κ3) is 3.42. The number of benzene rings is 1. The van der Waals surface area contributed by atoms with Gasteiger partial charge in [0, 0.05) is 44.0 Å². The quantitative estimate of drug-likeness (QED) is 0.787. The molecule has 6 nitrogen and oxygen atoms in total. The van der Waals surface area contributed by atoms with Gasteiger partial charge in [0.25, 0.3) is 0 Å². The summed E-state index contributed by atoms with van der Waals surface area (Å²) >= 11 is 0. The molecule has 2 aliphatic rings. The van der Waals surface area contributed by atoms with E-state index in [1.165, 1.54) is 22.6 Å². The van der Waals surface area contributed by atoms with Crippen LogP contribution in [0.2, 0.25) is 0 Å². The zero-order valence-electron chi connectivity index (χ0n) is 15.4. The number of hydrogen-bond donors (Lipinski definition) is 0. The van der Waals surface area contributed by atoms with Gasteiger partial charge >= 0.3 is 0 Å². The lowest BCUT2D eigenvalue weighted by molar-refractivity contribution is -0.133. The highest BCUT2D eigenvalue weighted by molar-refractivity contribution is 7.89. The Morgan fingerprint density at radius 1 is 1.07 bits per heavy atom. The number of amides is 1. The average molecular weight is 403 g/mol. The van der Waals surface area contributed by atoms with Crippen LogP contribution in [0.5, 0.6) is 0 Å². The highest BCUT2D eigenvalue weighted by atomic mass is 32.2. The number of halogens is 1. The van der Waals surface area contributed by atoms with Gasteiger partial charge in [-0.05, 0) is 49.1 Å². The van der Waals surface area contributed by atoms with Gasteiger partial charge in [-0.1, -0.05) is 12.1 Å². The van der Waals surface area contributed by atoms with Crippen LogP contribution in [0.4, 0.5) is 4.39 Å². The van der Waals surface area contributed by atoms with E-state index in [4.69, 9.17) is 0 Å². The van der Waals surface area contributed by atoms with Crippen molar-refractivity contribution in [2.45, 2.75) is 42.7 Å². The third-order valence-corrected chi connectivity index (χ3v) is 7.74. The number of hydrogen-bond acceptors (Lipinski definition) is 4. The molecule has 1 amide bonds. The van der Waals surface area contributed by atoms with Gasteiger partial charge in [0.2, 0.25) is 15.9 Å². The van der Waals surface area contributed by atoms with Crippen molar-refractivity contribution in [3.63, 3.8) is 0 Å². The van der Waals surface area contributed by atoms with Gasteiger partial charge in [-0.15, -0.1) is 0 Å². The summed E-state index contributed by atoms with van der Waals surface area (Å²) in [6.07, 6.45) is 5.30. The molecule has 28 heavy (non-hydrogen) atoms. The summed E-state index contributed by atoms with van der Waals surface area (Å²) in [5, 5.41) is 0. The number of piperidine rings is 1. The molecule has 1 aromatic heterocycles. The summed E-state index contributed by atoms with van der Waals surface area (Å²) in [5.74, 6) is -0.229. The molecule has 2 fully saturated rings. The largest absolute Gasteiger partial charge is 0.333 e. The average Bonchev–Trinajstić information content (AvgIpc) is 3.00. The zero-order chi connectivity index (χ0) is 19.8. The zero-order valence-corrected chi connectivity index (χ0v) is 16.2. The maximum Gasteiger partial charge on any atom is 0.244 e. The summed E-state index contributed by atoms with van der Waals surface area (Å²) in [4.78, 5) is 18.5. The van der Waals surface area contributed by atoms with Crippen molar-refractivity contribution in [3.8, 4) is 0 Å². The summed E-state index contributed by atoms with van der Waals surface area (Å²) in [6, 6.07) is 9.33. The number of carbonyl (C=O) groups excluding carboxylic acids is 1. The van der Waals surface area contributed by atoms with E-state index in [1.807, 2.05) is 4.90 Å². The van der Waals surface area contributed by atoms with Gasteiger partial charge in [0.15, 0.2) is 0 Å². The van der Waals surface area contributed by atoms with Crippen LogP contribution in [-0.4, -0.2) is 47.1 Å². The van der Waals surface area contributed by atoms with Crippen LogP contribution in [0.1, 0.15) is 31.2 Å². The van der Waals surface area contributed by atoms with Gasteiger partial charge in [-0.3, -0.25) is 9.78 Å². The minimum absolute atomic E-state index is 0.0768. The first-order valence-corrected chi connectivity index (χ1v) is 10.8. The monoisotopic (exact) mass is 403 g/mol. The second-order valence-corrected chi connectivity index (χ2v) is 9.36. The van der Waals surface area contributed by atoms with E-state index in [9.17, 15) is 17.6 Å². The van der Waals surface area contributed by atoms with Crippen molar-refractivity contribution in [2.24, 2.45) is 0 Å². The second kappa shape index (κ2) is 7.25. The highest BCUT2D eigenvalue weighted by Gasteiger charge is 2.48. The lowest BCUT2D eigenvalue weighted by atomic mass is 9.85. The molecule has 0 bridgehead atoms. The van der Waals surface area contributed by atoms with E-state index in [-0.39, 0.29) is 22.2 Å². The SMILES string of the molecule is O=C1CCC2(CCN(S(=O)(=O)c3cccnc3)CC2)N1Cc1ccc(F)cc1. The molecule has 2 aromatic rings. The first-order chi connectivity index (χ1) is 13.4. The number of aromatic nitrogens is 1. The van der Waals surface area contributed by atoms with E-state index >= 15 is 0 Å². The molecule has 1 spiro atoms. The fourth-order valence-corrected chi connectivity index (χ4v) is 5.62. The van der Waals surface area contributed by atoms with Gasteiger partial charge < -0.3 is 4.90 Å². The van der Waals surface area contributed by atoms with Crippen molar-refractivity contribution in [2.75, 3.05) is 13.1 Å². The molecule has 0 unspecified atom stereocenters. The molecule has 0 N–H and O–H groups in total. The van der Waals surface area contributed by atoms with E-state index in [2.05, 4.69) is 4.98 Å². The van der Waals surface area contributed by atoms with Crippen LogP contribution in [0.3, 0.4) is 0 Å². The minimum atomic E-state index is -3.58. The van der Waals surface area contributed by atoms with Crippen molar-refractivity contribution >= 4 is 15.9 Å². The van der Waals surface area contributed by atoms with Crippen LogP contribution in [0.15, 0.2) is 53.7 Å². The van der Waals surface area contributed by atoms with Crippen molar-refractivity contribution in [3.05, 3.63) is 60.2 Å². The van der Waals surface area contributed by atoms with Gasteiger partial charge in [0.1, 0.15) is 10.7 Å². The maximum atomic E-state index is 13.2. The van der Waals surface area contributed by atoms with Crippen LogP contribution < -0.4 is 0 Å². The lowest BCUT2D eigenvalue weighted by Gasteiger charge is -2.44. The highest BCUT2D eigenvalue weighted by Crippen LogP contribution is 2.41. The number of pyridine rings is 1. The second-order valence-electron chi connectivity index (χ2n) is 7.42. The van der Waals surface area contributed by atoms with Crippen LogP contribution in [-0.2, 0) is 21.4 Å². The Morgan fingerprint density at radius 2 is 1.79 bits per heavy atom. The van der Waals surface area contributed by atoms with Crippen molar-refractivity contribution in [1.82, 2.24) is 14.2 Å². The predicted octanol–water partition coefficient (Wildman–Crippen LogP) is 2.57. The molecular formula is C20H22FN3O3S. The first-order valence-electron chi connectivity index (χ1n) is 9.36. The minimum Gasteiger partial charge on any atom is -0.333 e. The molecule has 0 aliphatic carbocycles. The predicted molar refractivity (Wildman–Crippen MR) is 101 cm³/mol. The normalized spacial score (nSPS) is 20.0.